The Bertz CT molecular complexity index is 317. The number of rotatable bonds is 3. The first kappa shape index (κ1) is 14.6. The summed E-state index contributed by atoms with van der Waals surface area (Å²) in [5.74, 6) is -0.399. The quantitative estimate of drug-likeness (QED) is 0.533. The zero-order chi connectivity index (χ0) is 10.8. The lowest BCUT2D eigenvalue weighted by atomic mass is 10.2. The van der Waals surface area contributed by atoms with E-state index in [0.29, 0.717) is 13.0 Å². The Balaban J connectivity index is 0.00000196. The summed E-state index contributed by atoms with van der Waals surface area (Å²) in [6.07, 6.45) is 0.826. The van der Waals surface area contributed by atoms with Crippen LogP contribution in [0.15, 0.2) is 0 Å². The second-order valence-corrected chi connectivity index (χ2v) is 4.74. The highest BCUT2D eigenvalue weighted by Crippen LogP contribution is 2.13. The van der Waals surface area contributed by atoms with Gasteiger partial charge in [0.05, 0.1) is 19.5 Å². The second-order valence-electron chi connectivity index (χ2n) is 3.14. The van der Waals surface area contributed by atoms with Gasteiger partial charge >= 0.3 is 5.97 Å². The summed E-state index contributed by atoms with van der Waals surface area (Å²) in [7, 11) is -2.17. The van der Waals surface area contributed by atoms with Gasteiger partial charge in [0, 0.05) is 13.0 Å². The van der Waals surface area contributed by atoms with Gasteiger partial charge in [0.25, 0.3) is 10.1 Å². The molecular weight excluding hydrogens is 246 g/mol. The van der Waals surface area contributed by atoms with Crippen LogP contribution in [0.1, 0.15) is 6.42 Å². The Morgan fingerprint density at radius 3 is 2.53 bits per heavy atom. The number of ether oxygens (including phenoxy) is 1. The molecule has 0 spiro atoms. The zero-order valence-corrected chi connectivity index (χ0v) is 10.1. The van der Waals surface area contributed by atoms with Crippen molar-refractivity contribution in [3.63, 3.8) is 0 Å². The molecule has 2 atom stereocenters. The van der Waals surface area contributed by atoms with Crippen LogP contribution in [0.2, 0.25) is 0 Å². The molecule has 15 heavy (non-hydrogen) atoms. The monoisotopic (exact) mass is 259 g/mol. The first-order valence-electron chi connectivity index (χ1n) is 4.12. The minimum absolute atomic E-state index is 0. The molecule has 90 valence electrons. The largest absolute Gasteiger partial charge is 0.468 e. The molecule has 6 nitrogen and oxygen atoms in total. The summed E-state index contributed by atoms with van der Waals surface area (Å²) in [6, 6.07) is -0.466. The van der Waals surface area contributed by atoms with Crippen LogP contribution in [0.4, 0.5) is 0 Å². The van der Waals surface area contributed by atoms with Crippen LogP contribution in [0.3, 0.4) is 0 Å². The van der Waals surface area contributed by atoms with Crippen LogP contribution in [0.5, 0.6) is 0 Å². The van der Waals surface area contributed by atoms with Crippen molar-refractivity contribution in [1.29, 1.82) is 0 Å². The van der Waals surface area contributed by atoms with Crippen molar-refractivity contribution >= 4 is 28.5 Å². The molecule has 1 aliphatic rings. The highest BCUT2D eigenvalue weighted by Gasteiger charge is 2.32. The van der Waals surface area contributed by atoms with E-state index < -0.39 is 28.2 Å². The van der Waals surface area contributed by atoms with Gasteiger partial charge in [-0.2, -0.15) is 8.42 Å². The Labute approximate surface area is 94.8 Å². The zero-order valence-electron chi connectivity index (χ0n) is 8.43. The van der Waals surface area contributed by atoms with Crippen molar-refractivity contribution in [1.82, 2.24) is 5.32 Å². The molecule has 0 aromatic heterocycles. The standard InChI is InChI=1S/C7H13NO5S.ClH/c1-12-7(9)6-3-5(4-8-6)13-14(2,10)11;/h5-6,8H,3-4H2,1-2H3;1H/t5-,6+;/m1./s1. The summed E-state index contributed by atoms with van der Waals surface area (Å²) in [6.45, 7) is 0.340. The van der Waals surface area contributed by atoms with Gasteiger partial charge in [0.2, 0.25) is 0 Å². The molecule has 8 heteroatoms. The maximum atomic E-state index is 11.0. The Hall–Kier alpha value is -0.370. The first-order valence-corrected chi connectivity index (χ1v) is 5.93. The first-order chi connectivity index (χ1) is 6.42. The summed E-state index contributed by atoms with van der Waals surface area (Å²) in [5.41, 5.74) is 0. The Morgan fingerprint density at radius 1 is 1.47 bits per heavy atom. The number of hydrogen-bond donors (Lipinski definition) is 1. The number of hydrogen-bond acceptors (Lipinski definition) is 6. The average Bonchev–Trinajstić information content (AvgIpc) is 2.48. The molecule has 0 aromatic carbocycles. The number of carbonyl (C=O) groups is 1. The maximum Gasteiger partial charge on any atom is 0.322 e. The van der Waals surface area contributed by atoms with Gasteiger partial charge in [0.1, 0.15) is 6.04 Å². The van der Waals surface area contributed by atoms with E-state index in [1.165, 1.54) is 7.11 Å². The van der Waals surface area contributed by atoms with Crippen LogP contribution >= 0.6 is 12.4 Å². The molecule has 0 saturated carbocycles. The second kappa shape index (κ2) is 5.64. The van der Waals surface area contributed by atoms with Gasteiger partial charge in [0.15, 0.2) is 0 Å². The molecule has 1 aliphatic heterocycles. The molecule has 0 unspecified atom stereocenters. The fourth-order valence-corrected chi connectivity index (χ4v) is 1.99. The van der Waals surface area contributed by atoms with Gasteiger partial charge in [-0.15, -0.1) is 12.4 Å². The lowest BCUT2D eigenvalue weighted by molar-refractivity contribution is -0.142. The summed E-state index contributed by atoms with van der Waals surface area (Å²) in [4.78, 5) is 11.0. The predicted octanol–water partition coefficient (Wildman–Crippen LogP) is -0.712. The fourth-order valence-electron chi connectivity index (χ4n) is 1.35. The van der Waals surface area contributed by atoms with E-state index in [1.54, 1.807) is 0 Å². The normalized spacial score (nSPS) is 25.7. The molecule has 0 aromatic rings. The van der Waals surface area contributed by atoms with Gasteiger partial charge in [-0.3, -0.25) is 8.98 Å². The van der Waals surface area contributed by atoms with E-state index in [2.05, 4.69) is 10.1 Å². The Kier molecular flexibility index (Phi) is 5.50. The van der Waals surface area contributed by atoms with Crippen LogP contribution in [-0.2, 0) is 23.8 Å². The van der Waals surface area contributed by atoms with E-state index in [0.717, 1.165) is 6.26 Å². The molecule has 0 aliphatic carbocycles. The summed E-state index contributed by atoms with van der Waals surface area (Å²) in [5, 5.41) is 2.82. The molecule has 1 heterocycles. The molecule has 1 saturated heterocycles. The van der Waals surface area contributed by atoms with Crippen molar-refractivity contribution in [3.05, 3.63) is 0 Å². The third-order valence-corrected chi connectivity index (χ3v) is 2.51. The van der Waals surface area contributed by atoms with Crippen LogP contribution in [0, 0.1) is 0 Å². The molecule has 0 bridgehead atoms. The third kappa shape index (κ3) is 4.78. The molecule has 1 N–H and O–H groups in total. The van der Waals surface area contributed by atoms with Crippen molar-refractivity contribution in [2.75, 3.05) is 19.9 Å². The van der Waals surface area contributed by atoms with E-state index in [4.69, 9.17) is 4.18 Å². The van der Waals surface area contributed by atoms with Gasteiger partial charge in [-0.25, -0.2) is 0 Å². The minimum atomic E-state index is -3.46. The van der Waals surface area contributed by atoms with Crippen molar-refractivity contribution < 1.29 is 22.1 Å². The molecule has 0 amide bonds. The van der Waals surface area contributed by atoms with Crippen LogP contribution < -0.4 is 5.32 Å². The summed E-state index contributed by atoms with van der Waals surface area (Å²) < 4.78 is 30.8. The predicted molar refractivity (Wildman–Crippen MR) is 55.4 cm³/mol. The van der Waals surface area contributed by atoms with E-state index in [1.807, 2.05) is 0 Å². The lowest BCUT2D eigenvalue weighted by Gasteiger charge is -2.08. The van der Waals surface area contributed by atoms with Gasteiger partial charge in [-0.1, -0.05) is 0 Å². The molecule has 1 rings (SSSR count). The third-order valence-electron chi connectivity index (χ3n) is 1.89. The lowest BCUT2D eigenvalue weighted by Crippen LogP contribution is -2.31. The van der Waals surface area contributed by atoms with Crippen molar-refractivity contribution in [3.8, 4) is 0 Å². The topological polar surface area (TPSA) is 81.7 Å². The fraction of sp³-hybridized carbons (Fsp3) is 0.857. The van der Waals surface area contributed by atoms with E-state index in [-0.39, 0.29) is 12.4 Å². The number of esters is 1. The number of methoxy groups -OCH3 is 1. The average molecular weight is 260 g/mol. The smallest absolute Gasteiger partial charge is 0.322 e. The number of carbonyl (C=O) groups excluding carboxylic acids is 1. The Morgan fingerprint density at radius 2 is 2.07 bits per heavy atom. The van der Waals surface area contributed by atoms with Crippen molar-refractivity contribution in [2.24, 2.45) is 0 Å². The van der Waals surface area contributed by atoms with E-state index in [9.17, 15) is 13.2 Å². The molecular formula is C7H14ClNO5S. The SMILES string of the molecule is COC(=O)[C@@H]1C[C@@H](OS(C)(=O)=O)CN1.Cl. The van der Waals surface area contributed by atoms with Crippen molar-refractivity contribution in [2.45, 2.75) is 18.6 Å². The number of halogens is 1. The number of nitrogens with one attached hydrogen (secondary N) is 1. The van der Waals surface area contributed by atoms with Crippen LogP contribution in [0.25, 0.3) is 0 Å². The highest BCUT2D eigenvalue weighted by atomic mass is 35.5. The minimum Gasteiger partial charge on any atom is -0.468 e. The molecule has 1 fully saturated rings. The van der Waals surface area contributed by atoms with E-state index >= 15 is 0 Å². The van der Waals surface area contributed by atoms with Gasteiger partial charge < -0.3 is 10.1 Å². The van der Waals surface area contributed by atoms with Gasteiger partial charge in [-0.05, 0) is 0 Å². The highest BCUT2D eigenvalue weighted by molar-refractivity contribution is 7.86. The molecule has 0 radical (unpaired) electrons. The maximum absolute atomic E-state index is 11.0. The van der Waals surface area contributed by atoms with Crippen LogP contribution in [-0.4, -0.2) is 46.4 Å². The summed E-state index contributed by atoms with van der Waals surface area (Å²) >= 11 is 0.